The minimum absolute atomic E-state index is 0.118. The van der Waals surface area contributed by atoms with Crippen LogP contribution in [-0.4, -0.2) is 32.1 Å². The third-order valence-corrected chi connectivity index (χ3v) is 3.27. The molecule has 1 aromatic carbocycles. The molecule has 1 amide bonds. The summed E-state index contributed by atoms with van der Waals surface area (Å²) in [6.45, 7) is 5.66. The minimum atomic E-state index is -0.138. The van der Waals surface area contributed by atoms with Crippen molar-refractivity contribution < 1.29 is 9.53 Å². The zero-order chi connectivity index (χ0) is 13.1. The Balaban J connectivity index is 2.30. The highest BCUT2D eigenvalue weighted by molar-refractivity contribution is 5.97. The van der Waals surface area contributed by atoms with Crippen molar-refractivity contribution in [2.45, 2.75) is 19.9 Å². The standard InChI is InChI=1S/C14H20N2O2/c1-10-8-15-11(2)14(17)16(9-10)12-5-4-6-13(7-12)18-3/h4-7,10-11,15H,8-9H2,1-3H3. The molecular formula is C14H20N2O2. The average molecular weight is 248 g/mol. The fraction of sp³-hybridized carbons (Fsp3) is 0.500. The van der Waals surface area contributed by atoms with Crippen LogP contribution in [0.3, 0.4) is 0 Å². The summed E-state index contributed by atoms with van der Waals surface area (Å²) in [7, 11) is 1.64. The van der Waals surface area contributed by atoms with E-state index < -0.39 is 0 Å². The lowest BCUT2D eigenvalue weighted by Gasteiger charge is -2.24. The van der Waals surface area contributed by atoms with Crippen molar-refractivity contribution in [1.29, 1.82) is 0 Å². The number of methoxy groups -OCH3 is 1. The molecule has 2 unspecified atom stereocenters. The molecule has 0 aliphatic carbocycles. The molecule has 0 saturated carbocycles. The van der Waals surface area contributed by atoms with Crippen LogP contribution in [-0.2, 0) is 4.79 Å². The van der Waals surface area contributed by atoms with E-state index >= 15 is 0 Å². The molecule has 0 bridgehead atoms. The molecule has 1 N–H and O–H groups in total. The molecule has 0 spiro atoms. The highest BCUT2D eigenvalue weighted by Gasteiger charge is 2.27. The van der Waals surface area contributed by atoms with Crippen LogP contribution < -0.4 is 15.0 Å². The lowest BCUT2D eigenvalue weighted by atomic mass is 10.1. The fourth-order valence-corrected chi connectivity index (χ4v) is 2.18. The summed E-state index contributed by atoms with van der Waals surface area (Å²) in [5, 5.41) is 3.25. The summed E-state index contributed by atoms with van der Waals surface area (Å²) in [5.74, 6) is 1.33. The summed E-state index contributed by atoms with van der Waals surface area (Å²) < 4.78 is 5.21. The van der Waals surface area contributed by atoms with Gasteiger partial charge in [0, 0.05) is 24.8 Å². The Hall–Kier alpha value is -1.55. The second-order valence-corrected chi connectivity index (χ2v) is 4.89. The predicted molar refractivity (Wildman–Crippen MR) is 72.0 cm³/mol. The highest BCUT2D eigenvalue weighted by atomic mass is 16.5. The second-order valence-electron chi connectivity index (χ2n) is 4.89. The van der Waals surface area contributed by atoms with Crippen molar-refractivity contribution in [2.24, 2.45) is 5.92 Å². The van der Waals surface area contributed by atoms with Gasteiger partial charge >= 0.3 is 0 Å². The van der Waals surface area contributed by atoms with Crippen molar-refractivity contribution in [1.82, 2.24) is 5.32 Å². The zero-order valence-electron chi connectivity index (χ0n) is 11.1. The number of hydrogen-bond acceptors (Lipinski definition) is 3. The van der Waals surface area contributed by atoms with Gasteiger partial charge in [0.05, 0.1) is 13.2 Å². The molecule has 0 aromatic heterocycles. The largest absolute Gasteiger partial charge is 0.497 e. The number of hydrogen-bond donors (Lipinski definition) is 1. The number of nitrogens with one attached hydrogen (secondary N) is 1. The molecule has 1 aliphatic rings. The Morgan fingerprint density at radius 3 is 2.89 bits per heavy atom. The van der Waals surface area contributed by atoms with Crippen molar-refractivity contribution in [2.75, 3.05) is 25.1 Å². The van der Waals surface area contributed by atoms with Crippen LogP contribution >= 0.6 is 0 Å². The predicted octanol–water partition coefficient (Wildman–Crippen LogP) is 1.66. The summed E-state index contributed by atoms with van der Waals surface area (Å²) in [5.41, 5.74) is 0.904. The molecule has 98 valence electrons. The number of carbonyl (C=O) groups excluding carboxylic acids is 1. The Labute approximate surface area is 108 Å². The van der Waals surface area contributed by atoms with E-state index in [0.29, 0.717) is 5.92 Å². The first-order chi connectivity index (χ1) is 8.61. The number of amides is 1. The molecule has 0 radical (unpaired) electrons. The van der Waals surface area contributed by atoms with Crippen molar-refractivity contribution >= 4 is 11.6 Å². The van der Waals surface area contributed by atoms with E-state index in [1.165, 1.54) is 0 Å². The average Bonchev–Trinajstić information content (AvgIpc) is 2.52. The first-order valence-corrected chi connectivity index (χ1v) is 6.30. The molecule has 4 heteroatoms. The number of ether oxygens (including phenoxy) is 1. The Bertz CT molecular complexity index is 434. The highest BCUT2D eigenvalue weighted by Crippen LogP contribution is 2.23. The maximum atomic E-state index is 12.3. The van der Waals surface area contributed by atoms with Crippen molar-refractivity contribution in [3.8, 4) is 5.75 Å². The van der Waals surface area contributed by atoms with Gasteiger partial charge in [0.15, 0.2) is 0 Å². The normalized spacial score (nSPS) is 24.8. The lowest BCUT2D eigenvalue weighted by Crippen LogP contribution is -2.41. The maximum absolute atomic E-state index is 12.3. The Kier molecular flexibility index (Phi) is 3.87. The van der Waals surface area contributed by atoms with Gasteiger partial charge in [-0.1, -0.05) is 13.0 Å². The molecule has 1 aliphatic heterocycles. The lowest BCUT2D eigenvalue weighted by molar-refractivity contribution is -0.119. The van der Waals surface area contributed by atoms with Crippen LogP contribution in [0.5, 0.6) is 5.75 Å². The van der Waals surface area contributed by atoms with E-state index in [9.17, 15) is 4.79 Å². The van der Waals surface area contributed by atoms with Crippen molar-refractivity contribution in [3.63, 3.8) is 0 Å². The van der Waals surface area contributed by atoms with Gasteiger partial charge in [-0.25, -0.2) is 0 Å². The number of nitrogens with zero attached hydrogens (tertiary/aromatic N) is 1. The molecule has 1 saturated heterocycles. The van der Waals surface area contributed by atoms with Crippen LogP contribution in [0.25, 0.3) is 0 Å². The quantitative estimate of drug-likeness (QED) is 0.865. The molecular weight excluding hydrogens is 228 g/mol. The fourth-order valence-electron chi connectivity index (χ4n) is 2.18. The second kappa shape index (κ2) is 5.40. The van der Waals surface area contributed by atoms with Gasteiger partial charge in [-0.05, 0) is 25.0 Å². The number of benzene rings is 1. The van der Waals surface area contributed by atoms with E-state index in [1.54, 1.807) is 7.11 Å². The van der Waals surface area contributed by atoms with E-state index in [4.69, 9.17) is 4.74 Å². The van der Waals surface area contributed by atoms with Gasteiger partial charge in [0.1, 0.15) is 5.75 Å². The number of carbonyl (C=O) groups is 1. The molecule has 1 fully saturated rings. The monoisotopic (exact) mass is 248 g/mol. The first-order valence-electron chi connectivity index (χ1n) is 6.30. The molecule has 1 heterocycles. The summed E-state index contributed by atoms with van der Waals surface area (Å²) in [6.07, 6.45) is 0. The molecule has 2 atom stereocenters. The Morgan fingerprint density at radius 2 is 2.17 bits per heavy atom. The van der Waals surface area contributed by atoms with Crippen LogP contribution in [0.2, 0.25) is 0 Å². The summed E-state index contributed by atoms with van der Waals surface area (Å²) >= 11 is 0. The van der Waals surface area contributed by atoms with Gasteiger partial charge < -0.3 is 15.0 Å². The van der Waals surface area contributed by atoms with Crippen LogP contribution in [0.1, 0.15) is 13.8 Å². The number of rotatable bonds is 2. The zero-order valence-corrected chi connectivity index (χ0v) is 11.1. The third-order valence-electron chi connectivity index (χ3n) is 3.27. The SMILES string of the molecule is COc1cccc(N2CC(C)CNC(C)C2=O)c1. The topological polar surface area (TPSA) is 41.6 Å². The van der Waals surface area contributed by atoms with Gasteiger partial charge in [-0.2, -0.15) is 0 Å². The summed E-state index contributed by atoms with van der Waals surface area (Å²) in [4.78, 5) is 14.2. The molecule has 18 heavy (non-hydrogen) atoms. The Morgan fingerprint density at radius 1 is 1.39 bits per heavy atom. The molecule has 2 rings (SSSR count). The van der Waals surface area contributed by atoms with E-state index in [1.807, 2.05) is 36.1 Å². The van der Waals surface area contributed by atoms with E-state index in [0.717, 1.165) is 24.5 Å². The van der Waals surface area contributed by atoms with Crippen LogP contribution in [0.4, 0.5) is 5.69 Å². The minimum Gasteiger partial charge on any atom is -0.497 e. The van der Waals surface area contributed by atoms with E-state index in [2.05, 4.69) is 12.2 Å². The molecule has 1 aromatic rings. The molecule has 4 nitrogen and oxygen atoms in total. The smallest absolute Gasteiger partial charge is 0.243 e. The van der Waals surface area contributed by atoms with Crippen molar-refractivity contribution in [3.05, 3.63) is 24.3 Å². The summed E-state index contributed by atoms with van der Waals surface area (Å²) in [6, 6.07) is 7.51. The van der Waals surface area contributed by atoms with Gasteiger partial charge in [0.25, 0.3) is 0 Å². The van der Waals surface area contributed by atoms with E-state index in [-0.39, 0.29) is 11.9 Å². The van der Waals surface area contributed by atoms with Gasteiger partial charge in [0.2, 0.25) is 5.91 Å². The van der Waals surface area contributed by atoms with Crippen LogP contribution in [0, 0.1) is 5.92 Å². The maximum Gasteiger partial charge on any atom is 0.243 e. The first kappa shape index (κ1) is 12.9. The third kappa shape index (κ3) is 2.64. The van der Waals surface area contributed by atoms with Crippen LogP contribution in [0.15, 0.2) is 24.3 Å². The number of anilines is 1. The van der Waals surface area contributed by atoms with Gasteiger partial charge in [-0.3, -0.25) is 4.79 Å². The van der Waals surface area contributed by atoms with Gasteiger partial charge in [-0.15, -0.1) is 0 Å².